The third kappa shape index (κ3) is 4.49. The van der Waals surface area contributed by atoms with Crippen molar-refractivity contribution >= 4 is 0 Å². The normalized spacial score (nSPS) is 12.3. The van der Waals surface area contributed by atoms with E-state index in [9.17, 15) is 0 Å². The molecule has 0 aromatic heterocycles. The molecule has 0 fully saturated rings. The number of benzene rings is 1. The minimum atomic E-state index is -0.924. The Bertz CT molecular complexity index is 541. The Morgan fingerprint density at radius 3 is 1.95 bits per heavy atom. The van der Waals surface area contributed by atoms with Crippen molar-refractivity contribution in [2.45, 2.75) is 25.6 Å². The third-order valence-electron chi connectivity index (χ3n) is 2.46. The van der Waals surface area contributed by atoms with Gasteiger partial charge in [-0.15, -0.1) is 0 Å². The highest BCUT2D eigenvalue weighted by atomic mass is 15.3. The molecule has 0 saturated carbocycles. The van der Waals surface area contributed by atoms with Crippen LogP contribution < -0.4 is 0 Å². The maximum atomic E-state index is 8.58. The van der Waals surface area contributed by atoms with Gasteiger partial charge in [0.15, 0.2) is 0 Å². The first-order valence-corrected chi connectivity index (χ1v) is 5.40. The quantitative estimate of drug-likeness (QED) is 0.395. The topological polar surface area (TPSA) is 146 Å². The number of hydrogen-bond donors (Lipinski definition) is 0. The van der Waals surface area contributed by atoms with Gasteiger partial charge >= 0.3 is 0 Å². The Hall–Kier alpha value is -2.85. The lowest BCUT2D eigenvalue weighted by Crippen LogP contribution is -2.05. The zero-order chi connectivity index (χ0) is 14.1. The molecule has 1 atom stereocenters. The molecule has 0 saturated heterocycles. The highest BCUT2D eigenvalue weighted by Crippen LogP contribution is 2.25. The van der Waals surface area contributed by atoms with E-state index in [1.54, 1.807) is 0 Å². The molecule has 96 valence electrons. The SMILES string of the molecule is Cc1ccc(C(CC(N=[N+]=[N-])N=[N+]=[N-])N=[N+]=[N-])cc1. The van der Waals surface area contributed by atoms with Crippen molar-refractivity contribution in [2.24, 2.45) is 15.3 Å². The molecule has 0 heterocycles. The van der Waals surface area contributed by atoms with E-state index < -0.39 is 12.2 Å². The second-order valence-corrected chi connectivity index (χ2v) is 3.76. The summed E-state index contributed by atoms with van der Waals surface area (Å²) in [7, 11) is 0. The maximum absolute atomic E-state index is 8.58. The van der Waals surface area contributed by atoms with Crippen molar-refractivity contribution in [3.05, 3.63) is 66.7 Å². The van der Waals surface area contributed by atoms with Crippen LogP contribution in [0.25, 0.3) is 31.3 Å². The van der Waals surface area contributed by atoms with Gasteiger partial charge in [-0.25, -0.2) is 0 Å². The number of nitrogens with zero attached hydrogens (tertiary/aromatic N) is 9. The van der Waals surface area contributed by atoms with Crippen LogP contribution in [0, 0.1) is 6.92 Å². The fourth-order valence-corrected chi connectivity index (χ4v) is 1.54. The smallest absolute Gasteiger partial charge is 0.0859 e. The average molecular weight is 257 g/mol. The van der Waals surface area contributed by atoms with Crippen molar-refractivity contribution in [2.75, 3.05) is 0 Å². The van der Waals surface area contributed by atoms with Crippen molar-refractivity contribution < 1.29 is 0 Å². The molecule has 9 nitrogen and oxygen atoms in total. The predicted molar refractivity (Wildman–Crippen MR) is 69.8 cm³/mol. The van der Waals surface area contributed by atoms with E-state index in [0.29, 0.717) is 0 Å². The van der Waals surface area contributed by atoms with Gasteiger partial charge in [-0.05, 0) is 35.5 Å². The second-order valence-electron chi connectivity index (χ2n) is 3.76. The van der Waals surface area contributed by atoms with Crippen LogP contribution in [-0.2, 0) is 0 Å². The van der Waals surface area contributed by atoms with Gasteiger partial charge in [0.25, 0.3) is 0 Å². The Kier molecular flexibility index (Phi) is 5.59. The molecule has 1 unspecified atom stereocenters. The van der Waals surface area contributed by atoms with E-state index in [4.69, 9.17) is 16.6 Å². The molecular weight excluding hydrogens is 246 g/mol. The van der Waals surface area contributed by atoms with Crippen molar-refractivity contribution in [1.29, 1.82) is 0 Å². The van der Waals surface area contributed by atoms with Crippen molar-refractivity contribution in [1.82, 2.24) is 0 Å². The number of rotatable bonds is 6. The number of aryl methyl sites for hydroxylation is 1. The Balaban J connectivity index is 3.00. The molecule has 0 amide bonds. The minimum absolute atomic E-state index is 0.126. The number of azide groups is 2. The lowest BCUT2D eigenvalue weighted by molar-refractivity contribution is 0.546. The minimum Gasteiger partial charge on any atom is -0.0859 e. The first-order chi connectivity index (χ1) is 9.21. The summed E-state index contributed by atoms with van der Waals surface area (Å²) in [6.45, 7) is 1.94. The average Bonchev–Trinajstić information content (AvgIpc) is 2.40. The fraction of sp³-hybridized carbons (Fsp3) is 0.400. The first-order valence-electron chi connectivity index (χ1n) is 5.40. The van der Waals surface area contributed by atoms with E-state index in [0.717, 1.165) is 11.1 Å². The first kappa shape index (κ1) is 14.2. The van der Waals surface area contributed by atoms with Gasteiger partial charge in [0.1, 0.15) is 6.17 Å². The molecule has 0 aliphatic heterocycles. The van der Waals surface area contributed by atoms with Gasteiger partial charge in [0.05, 0.1) is 6.04 Å². The van der Waals surface area contributed by atoms with Crippen LogP contribution in [0.2, 0.25) is 0 Å². The van der Waals surface area contributed by atoms with Crippen molar-refractivity contribution in [3.8, 4) is 0 Å². The van der Waals surface area contributed by atoms with E-state index in [1.165, 1.54) is 0 Å². The van der Waals surface area contributed by atoms with Gasteiger partial charge < -0.3 is 0 Å². The highest BCUT2D eigenvalue weighted by Gasteiger charge is 2.15. The third-order valence-corrected chi connectivity index (χ3v) is 2.46. The standard InChI is InChI=1S/C10H11N9/c1-7-2-4-8(5-3-7)9(14-17-11)6-10(15-18-12)16-19-13/h2-5,9-10H,6H2,1H3. The highest BCUT2D eigenvalue weighted by molar-refractivity contribution is 5.24. The summed E-state index contributed by atoms with van der Waals surface area (Å²) >= 11 is 0. The van der Waals surface area contributed by atoms with Crippen LogP contribution in [0.3, 0.4) is 0 Å². The van der Waals surface area contributed by atoms with E-state index in [2.05, 4.69) is 30.1 Å². The van der Waals surface area contributed by atoms with Gasteiger partial charge in [-0.1, -0.05) is 45.2 Å². The predicted octanol–water partition coefficient (Wildman–Crippen LogP) is 4.68. The molecule has 0 N–H and O–H groups in total. The second kappa shape index (κ2) is 7.47. The lowest BCUT2D eigenvalue weighted by Gasteiger charge is -2.13. The zero-order valence-corrected chi connectivity index (χ0v) is 10.2. The summed E-state index contributed by atoms with van der Waals surface area (Å²) in [6, 6.07) is 6.85. The van der Waals surface area contributed by atoms with Crippen LogP contribution in [0.15, 0.2) is 39.6 Å². The van der Waals surface area contributed by atoms with E-state index >= 15 is 0 Å². The Labute approximate surface area is 108 Å². The molecule has 0 spiro atoms. The maximum Gasteiger partial charge on any atom is 0.116 e. The van der Waals surface area contributed by atoms with Gasteiger partial charge in [0.2, 0.25) is 0 Å². The molecular formula is C10H11N9. The van der Waals surface area contributed by atoms with E-state index in [1.807, 2.05) is 31.2 Å². The van der Waals surface area contributed by atoms with Crippen LogP contribution in [0.4, 0.5) is 0 Å². The van der Waals surface area contributed by atoms with Crippen molar-refractivity contribution in [3.63, 3.8) is 0 Å². The summed E-state index contributed by atoms with van der Waals surface area (Å²) in [6.07, 6.45) is -0.798. The summed E-state index contributed by atoms with van der Waals surface area (Å²) in [5.41, 5.74) is 27.2. The van der Waals surface area contributed by atoms with Gasteiger partial charge in [0, 0.05) is 14.7 Å². The van der Waals surface area contributed by atoms with Crippen LogP contribution in [0.1, 0.15) is 23.6 Å². The molecule has 0 bridgehead atoms. The van der Waals surface area contributed by atoms with E-state index in [-0.39, 0.29) is 6.42 Å². The van der Waals surface area contributed by atoms with Gasteiger partial charge in [-0.2, -0.15) is 0 Å². The zero-order valence-electron chi connectivity index (χ0n) is 10.2. The van der Waals surface area contributed by atoms with Crippen LogP contribution >= 0.6 is 0 Å². The lowest BCUT2D eigenvalue weighted by atomic mass is 10.0. The Morgan fingerprint density at radius 1 is 0.947 bits per heavy atom. The largest absolute Gasteiger partial charge is 0.116 e. The molecule has 0 radical (unpaired) electrons. The van der Waals surface area contributed by atoms with Crippen LogP contribution in [0.5, 0.6) is 0 Å². The molecule has 19 heavy (non-hydrogen) atoms. The molecule has 1 aromatic rings. The molecule has 1 aromatic carbocycles. The molecule has 0 aliphatic rings. The molecule has 9 heteroatoms. The number of hydrogen-bond acceptors (Lipinski definition) is 3. The fourth-order valence-electron chi connectivity index (χ4n) is 1.54. The van der Waals surface area contributed by atoms with Crippen LogP contribution in [-0.4, -0.2) is 6.17 Å². The molecule has 0 aliphatic carbocycles. The monoisotopic (exact) mass is 257 g/mol. The summed E-state index contributed by atoms with van der Waals surface area (Å²) in [5, 5.41) is 10.4. The summed E-state index contributed by atoms with van der Waals surface area (Å²) < 4.78 is 0. The molecule has 1 rings (SSSR count). The summed E-state index contributed by atoms with van der Waals surface area (Å²) in [5.74, 6) is 0. The van der Waals surface area contributed by atoms with Gasteiger partial charge in [-0.3, -0.25) is 0 Å². The Morgan fingerprint density at radius 2 is 1.47 bits per heavy atom. The summed E-state index contributed by atoms with van der Waals surface area (Å²) in [4.78, 5) is 7.97.